The van der Waals surface area contributed by atoms with E-state index < -0.39 is 0 Å². The Morgan fingerprint density at radius 1 is 1.23 bits per heavy atom. The van der Waals surface area contributed by atoms with E-state index in [9.17, 15) is 4.79 Å². The molecule has 0 aromatic carbocycles. The SMILES string of the molecule is CCC(C=O)[C@H]1CC[C@H]2[C@@H]3CC=C4CC(O[Si])CC[C@]4(C)[C@H]3CC[C@]12C. The second kappa shape index (κ2) is 6.88. The Bertz CT molecular complexity index is 587. The van der Waals surface area contributed by atoms with Gasteiger partial charge in [-0.3, -0.25) is 0 Å². The van der Waals surface area contributed by atoms with Gasteiger partial charge in [-0.2, -0.15) is 0 Å². The van der Waals surface area contributed by atoms with Crippen molar-refractivity contribution < 1.29 is 9.22 Å². The first-order chi connectivity index (χ1) is 12.5. The first-order valence-electron chi connectivity index (χ1n) is 10.9. The van der Waals surface area contributed by atoms with Gasteiger partial charge in [0, 0.05) is 12.0 Å². The second-order valence-electron chi connectivity index (χ2n) is 10.2. The molecule has 0 heterocycles. The summed E-state index contributed by atoms with van der Waals surface area (Å²) in [5.41, 5.74) is 2.45. The Balaban J connectivity index is 1.61. The van der Waals surface area contributed by atoms with Gasteiger partial charge in [0.2, 0.25) is 10.5 Å². The number of hydrogen-bond acceptors (Lipinski definition) is 2. The molecule has 3 fully saturated rings. The van der Waals surface area contributed by atoms with Gasteiger partial charge in [0.15, 0.2) is 0 Å². The van der Waals surface area contributed by atoms with Crippen molar-refractivity contribution in [1.29, 1.82) is 0 Å². The summed E-state index contributed by atoms with van der Waals surface area (Å²) >= 11 is 0. The van der Waals surface area contributed by atoms with Crippen LogP contribution in [0.1, 0.15) is 78.6 Å². The van der Waals surface area contributed by atoms with Gasteiger partial charge in [-0.1, -0.05) is 32.4 Å². The molecule has 3 heteroatoms. The molecule has 2 nitrogen and oxygen atoms in total. The van der Waals surface area contributed by atoms with E-state index in [0.717, 1.165) is 30.6 Å². The summed E-state index contributed by atoms with van der Waals surface area (Å²) in [7, 11) is 3.29. The van der Waals surface area contributed by atoms with E-state index in [2.05, 4.69) is 37.3 Å². The maximum absolute atomic E-state index is 11.7. The van der Waals surface area contributed by atoms with E-state index in [1.54, 1.807) is 5.57 Å². The molecule has 0 bridgehead atoms. The lowest BCUT2D eigenvalue weighted by molar-refractivity contribution is -0.116. The molecule has 4 rings (SSSR count). The molecule has 4 aliphatic rings. The van der Waals surface area contributed by atoms with E-state index in [4.69, 9.17) is 4.43 Å². The first kappa shape index (κ1) is 18.9. The van der Waals surface area contributed by atoms with Gasteiger partial charge in [0.1, 0.15) is 6.29 Å². The zero-order valence-electron chi connectivity index (χ0n) is 16.8. The molecule has 4 aliphatic carbocycles. The minimum Gasteiger partial charge on any atom is -0.415 e. The standard InChI is InChI=1S/C23H35O2Si/c1-4-15(14-24)19-7-8-20-18-6-5-16-13-17(25-26)9-11-22(16,2)21(18)10-12-23(19,20)3/h5,14-15,17-21H,4,6-13H2,1-3H3/t15?,17?,18-,19+,20-,21-,22-,23+/m0/s1. The van der Waals surface area contributed by atoms with Crippen LogP contribution in [0.5, 0.6) is 0 Å². The molecule has 3 saturated carbocycles. The molecule has 0 N–H and O–H groups in total. The van der Waals surface area contributed by atoms with Crippen LogP contribution >= 0.6 is 0 Å². The van der Waals surface area contributed by atoms with Crippen LogP contribution in [0.15, 0.2) is 11.6 Å². The molecular weight excluding hydrogens is 336 g/mol. The number of carbonyl (C=O) groups excluding carboxylic acids is 1. The van der Waals surface area contributed by atoms with Crippen molar-refractivity contribution >= 4 is 16.8 Å². The van der Waals surface area contributed by atoms with Crippen LogP contribution in [0.2, 0.25) is 0 Å². The predicted octanol–water partition coefficient (Wildman–Crippen LogP) is 5.26. The third-order valence-electron chi connectivity index (χ3n) is 9.46. The number of allylic oxidation sites excluding steroid dienone is 1. The van der Waals surface area contributed by atoms with Gasteiger partial charge in [0.05, 0.1) is 0 Å². The number of fused-ring (bicyclic) bond motifs is 5. The summed E-state index contributed by atoms with van der Waals surface area (Å²) in [5.74, 6) is 3.38. The highest BCUT2D eigenvalue weighted by molar-refractivity contribution is 5.98. The maximum Gasteiger partial charge on any atom is 0.246 e. The zero-order valence-corrected chi connectivity index (χ0v) is 17.8. The highest BCUT2D eigenvalue weighted by Crippen LogP contribution is 2.67. The van der Waals surface area contributed by atoms with Crippen molar-refractivity contribution in [3.8, 4) is 0 Å². The first-order valence-corrected chi connectivity index (χ1v) is 11.4. The predicted molar refractivity (Wildman–Crippen MR) is 106 cm³/mol. The summed E-state index contributed by atoms with van der Waals surface area (Å²) in [6.07, 6.45) is 15.3. The van der Waals surface area contributed by atoms with E-state index in [0.29, 0.717) is 22.9 Å². The second-order valence-corrected chi connectivity index (χ2v) is 10.4. The zero-order chi connectivity index (χ0) is 18.5. The summed E-state index contributed by atoms with van der Waals surface area (Å²) < 4.78 is 5.50. The van der Waals surface area contributed by atoms with Gasteiger partial charge < -0.3 is 9.22 Å². The van der Waals surface area contributed by atoms with E-state index >= 15 is 0 Å². The molecule has 0 aliphatic heterocycles. The fraction of sp³-hybridized carbons (Fsp3) is 0.870. The van der Waals surface area contributed by atoms with Crippen LogP contribution in [0.3, 0.4) is 0 Å². The van der Waals surface area contributed by atoms with Gasteiger partial charge in [0.25, 0.3) is 0 Å². The van der Waals surface area contributed by atoms with Crippen molar-refractivity contribution in [3.63, 3.8) is 0 Å². The van der Waals surface area contributed by atoms with Gasteiger partial charge in [-0.25, -0.2) is 0 Å². The summed E-state index contributed by atoms with van der Waals surface area (Å²) in [5, 5.41) is 0. The molecule has 3 radical (unpaired) electrons. The summed E-state index contributed by atoms with van der Waals surface area (Å²) in [6, 6.07) is 0. The smallest absolute Gasteiger partial charge is 0.246 e. The average molecular weight is 372 g/mol. The summed E-state index contributed by atoms with van der Waals surface area (Å²) in [4.78, 5) is 11.7. The van der Waals surface area contributed by atoms with Gasteiger partial charge >= 0.3 is 0 Å². The molecular formula is C23H35O2Si. The molecule has 0 aromatic heterocycles. The molecule has 8 atom stereocenters. The minimum absolute atomic E-state index is 0.276. The van der Waals surface area contributed by atoms with Crippen molar-refractivity contribution in [2.24, 2.45) is 40.4 Å². The van der Waals surface area contributed by atoms with Crippen molar-refractivity contribution in [3.05, 3.63) is 11.6 Å². The molecule has 0 spiro atoms. The number of hydrogen-bond donors (Lipinski definition) is 0. The number of carbonyl (C=O) groups is 1. The van der Waals surface area contributed by atoms with Crippen molar-refractivity contribution in [2.75, 3.05) is 0 Å². The van der Waals surface area contributed by atoms with Crippen molar-refractivity contribution in [2.45, 2.75) is 84.7 Å². The van der Waals surface area contributed by atoms with Crippen LogP contribution in [0.25, 0.3) is 0 Å². The largest absolute Gasteiger partial charge is 0.415 e. The van der Waals surface area contributed by atoms with Gasteiger partial charge in [-0.05, 0) is 92.3 Å². The molecule has 0 amide bonds. The topological polar surface area (TPSA) is 26.3 Å². The van der Waals surface area contributed by atoms with Crippen LogP contribution in [0, 0.1) is 40.4 Å². The molecule has 0 aromatic rings. The lowest BCUT2D eigenvalue weighted by atomic mass is 9.47. The number of rotatable bonds is 4. The minimum atomic E-state index is 0.276. The fourth-order valence-electron chi connectivity index (χ4n) is 7.95. The van der Waals surface area contributed by atoms with Crippen molar-refractivity contribution in [1.82, 2.24) is 0 Å². The lowest BCUT2D eigenvalue weighted by Gasteiger charge is -2.58. The summed E-state index contributed by atoms with van der Waals surface area (Å²) in [6.45, 7) is 7.28. The lowest BCUT2D eigenvalue weighted by Crippen LogP contribution is -2.51. The van der Waals surface area contributed by atoms with E-state index in [1.165, 1.54) is 51.2 Å². The Labute approximate surface area is 163 Å². The van der Waals surface area contributed by atoms with Crippen LogP contribution in [-0.2, 0) is 9.22 Å². The fourth-order valence-corrected chi connectivity index (χ4v) is 8.15. The third-order valence-corrected chi connectivity index (χ3v) is 9.80. The highest BCUT2D eigenvalue weighted by Gasteiger charge is 2.59. The van der Waals surface area contributed by atoms with Crippen LogP contribution in [0.4, 0.5) is 0 Å². The average Bonchev–Trinajstić information content (AvgIpc) is 2.99. The normalized spacial score (nSPS) is 48.8. The molecule has 2 unspecified atom stereocenters. The van der Waals surface area contributed by atoms with E-state index in [-0.39, 0.29) is 5.92 Å². The molecule has 0 saturated heterocycles. The Kier molecular flexibility index (Phi) is 5.01. The maximum atomic E-state index is 11.7. The Morgan fingerprint density at radius 2 is 2.04 bits per heavy atom. The van der Waals surface area contributed by atoms with E-state index in [1.807, 2.05) is 0 Å². The monoisotopic (exact) mass is 371 g/mol. The Hall–Kier alpha value is -0.413. The highest BCUT2D eigenvalue weighted by atomic mass is 28.2. The molecule has 26 heavy (non-hydrogen) atoms. The molecule has 143 valence electrons. The quantitative estimate of drug-likeness (QED) is 0.383. The third kappa shape index (κ3) is 2.63. The van der Waals surface area contributed by atoms with Gasteiger partial charge in [-0.15, -0.1) is 0 Å². The Morgan fingerprint density at radius 3 is 2.73 bits per heavy atom. The van der Waals surface area contributed by atoms with Crippen LogP contribution < -0.4 is 0 Å². The van der Waals surface area contributed by atoms with Crippen LogP contribution in [-0.4, -0.2) is 22.9 Å². The number of aldehydes is 1.